The second-order valence-electron chi connectivity index (χ2n) is 7.88. The van der Waals surface area contributed by atoms with Crippen LogP contribution in [-0.4, -0.2) is 33.8 Å². The lowest BCUT2D eigenvalue weighted by Crippen LogP contribution is -2.19. The summed E-state index contributed by atoms with van der Waals surface area (Å²) in [4.78, 5) is 19.8. The molecular formula is C23H25N5O. The first kappa shape index (κ1) is 17.9. The van der Waals surface area contributed by atoms with Crippen LogP contribution in [0.2, 0.25) is 0 Å². The monoisotopic (exact) mass is 387 g/mol. The third-order valence-electron chi connectivity index (χ3n) is 5.92. The van der Waals surface area contributed by atoms with Gasteiger partial charge in [0.15, 0.2) is 5.69 Å². The van der Waals surface area contributed by atoms with E-state index < -0.39 is 0 Å². The van der Waals surface area contributed by atoms with Crippen LogP contribution in [0.4, 0.5) is 11.5 Å². The van der Waals surface area contributed by atoms with Gasteiger partial charge in [-0.2, -0.15) is 5.10 Å². The molecule has 2 aromatic heterocycles. The van der Waals surface area contributed by atoms with Crippen molar-refractivity contribution in [1.29, 1.82) is 0 Å². The zero-order valence-electron chi connectivity index (χ0n) is 16.7. The van der Waals surface area contributed by atoms with E-state index in [9.17, 15) is 4.79 Å². The van der Waals surface area contributed by atoms with Gasteiger partial charge in [0, 0.05) is 24.3 Å². The molecule has 1 saturated heterocycles. The Morgan fingerprint density at radius 3 is 2.62 bits per heavy atom. The van der Waals surface area contributed by atoms with E-state index >= 15 is 0 Å². The fourth-order valence-electron chi connectivity index (χ4n) is 4.40. The van der Waals surface area contributed by atoms with Crippen molar-refractivity contribution in [2.45, 2.75) is 39.0 Å². The number of aromatic nitrogens is 3. The van der Waals surface area contributed by atoms with E-state index in [1.807, 2.05) is 28.9 Å². The van der Waals surface area contributed by atoms with E-state index in [1.54, 1.807) is 6.20 Å². The first-order valence-corrected chi connectivity index (χ1v) is 10.4. The van der Waals surface area contributed by atoms with Gasteiger partial charge in [0.05, 0.1) is 17.6 Å². The molecule has 5 rings (SSSR count). The molecule has 0 spiro atoms. The summed E-state index contributed by atoms with van der Waals surface area (Å²) in [6, 6.07) is 12.1. The standard InChI is InChI=1S/C23H25N5O/c1-16-7-2-3-9-19(16)28-20-10-6-8-18(20)22(26-28)23(29)25-17-11-12-21(24-15-17)27-13-4-5-14-27/h2-3,7,9,11-12,15H,4-6,8,10,13-14H2,1H3,(H,25,29). The maximum Gasteiger partial charge on any atom is 0.276 e. The highest BCUT2D eigenvalue weighted by atomic mass is 16.2. The quantitative estimate of drug-likeness (QED) is 0.737. The molecule has 0 bridgehead atoms. The number of rotatable bonds is 4. The fraction of sp³-hybridized carbons (Fsp3) is 0.348. The molecule has 1 fully saturated rings. The van der Waals surface area contributed by atoms with Crippen molar-refractivity contribution in [1.82, 2.24) is 14.8 Å². The van der Waals surface area contributed by atoms with Crippen LogP contribution < -0.4 is 10.2 Å². The molecule has 1 amide bonds. The summed E-state index contributed by atoms with van der Waals surface area (Å²) in [5, 5.41) is 7.70. The van der Waals surface area contributed by atoms with E-state index in [0.29, 0.717) is 11.4 Å². The lowest BCUT2D eigenvalue weighted by Gasteiger charge is -2.16. The van der Waals surface area contributed by atoms with Crippen LogP contribution in [0.1, 0.15) is 46.6 Å². The van der Waals surface area contributed by atoms with Crippen molar-refractivity contribution in [3.05, 3.63) is 65.1 Å². The molecule has 0 unspecified atom stereocenters. The molecule has 1 N–H and O–H groups in total. The molecule has 3 aromatic rings. The predicted molar refractivity (Wildman–Crippen MR) is 114 cm³/mol. The van der Waals surface area contributed by atoms with Gasteiger partial charge in [-0.3, -0.25) is 4.79 Å². The van der Waals surface area contributed by atoms with Gasteiger partial charge in [0.25, 0.3) is 5.91 Å². The molecule has 0 atom stereocenters. The van der Waals surface area contributed by atoms with Crippen LogP contribution in [0.25, 0.3) is 5.69 Å². The van der Waals surface area contributed by atoms with Crippen molar-refractivity contribution in [3.63, 3.8) is 0 Å². The number of aryl methyl sites for hydroxylation is 1. The van der Waals surface area contributed by atoms with Crippen molar-refractivity contribution in [2.75, 3.05) is 23.3 Å². The number of amides is 1. The Labute approximate surface area is 170 Å². The summed E-state index contributed by atoms with van der Waals surface area (Å²) in [6.07, 6.45) is 7.09. The third kappa shape index (κ3) is 3.28. The van der Waals surface area contributed by atoms with Crippen LogP contribution >= 0.6 is 0 Å². The minimum absolute atomic E-state index is 0.161. The average molecular weight is 387 g/mol. The van der Waals surface area contributed by atoms with Crippen molar-refractivity contribution in [2.24, 2.45) is 0 Å². The number of pyridine rings is 1. The fourth-order valence-corrected chi connectivity index (χ4v) is 4.40. The third-order valence-corrected chi connectivity index (χ3v) is 5.92. The van der Waals surface area contributed by atoms with Crippen molar-refractivity contribution < 1.29 is 4.79 Å². The summed E-state index contributed by atoms with van der Waals surface area (Å²) < 4.78 is 1.96. The number of hydrogen-bond acceptors (Lipinski definition) is 4. The van der Waals surface area contributed by atoms with Gasteiger partial charge in [-0.1, -0.05) is 18.2 Å². The number of benzene rings is 1. The van der Waals surface area contributed by atoms with Gasteiger partial charge in [-0.15, -0.1) is 0 Å². The molecule has 6 heteroatoms. The predicted octanol–water partition coefficient (Wildman–Crippen LogP) is 3.92. The maximum atomic E-state index is 13.0. The number of anilines is 2. The highest BCUT2D eigenvalue weighted by molar-refractivity contribution is 6.04. The molecule has 2 aliphatic rings. The number of carbonyl (C=O) groups is 1. The Kier molecular flexibility index (Phi) is 4.54. The topological polar surface area (TPSA) is 63.1 Å². The van der Waals surface area contributed by atoms with Crippen LogP contribution in [0.5, 0.6) is 0 Å². The molecule has 3 heterocycles. The number of nitrogens with one attached hydrogen (secondary N) is 1. The summed E-state index contributed by atoms with van der Waals surface area (Å²) in [7, 11) is 0. The Balaban J connectivity index is 1.40. The smallest absolute Gasteiger partial charge is 0.276 e. The summed E-state index contributed by atoms with van der Waals surface area (Å²) >= 11 is 0. The first-order valence-electron chi connectivity index (χ1n) is 10.4. The Morgan fingerprint density at radius 1 is 1.03 bits per heavy atom. The van der Waals surface area contributed by atoms with E-state index in [2.05, 4.69) is 34.3 Å². The molecule has 1 aliphatic carbocycles. The maximum absolute atomic E-state index is 13.0. The molecule has 29 heavy (non-hydrogen) atoms. The Morgan fingerprint density at radius 2 is 1.86 bits per heavy atom. The number of nitrogens with zero attached hydrogens (tertiary/aromatic N) is 4. The van der Waals surface area contributed by atoms with E-state index in [1.165, 1.54) is 12.8 Å². The Bertz CT molecular complexity index is 1050. The molecule has 0 radical (unpaired) electrons. The summed E-state index contributed by atoms with van der Waals surface area (Å²) in [5.74, 6) is 0.816. The summed E-state index contributed by atoms with van der Waals surface area (Å²) in [5.41, 5.74) is 5.67. The highest BCUT2D eigenvalue weighted by Gasteiger charge is 2.27. The number of carbonyl (C=O) groups excluding carboxylic acids is 1. The molecule has 0 saturated carbocycles. The van der Waals surface area contributed by atoms with Gasteiger partial charge in [0.2, 0.25) is 0 Å². The van der Waals surface area contributed by atoms with Crippen molar-refractivity contribution >= 4 is 17.4 Å². The van der Waals surface area contributed by atoms with Crippen LogP contribution in [0.3, 0.4) is 0 Å². The van der Waals surface area contributed by atoms with E-state index in [0.717, 1.165) is 60.7 Å². The van der Waals surface area contributed by atoms with Gasteiger partial charge < -0.3 is 10.2 Å². The van der Waals surface area contributed by atoms with E-state index in [4.69, 9.17) is 5.10 Å². The summed E-state index contributed by atoms with van der Waals surface area (Å²) in [6.45, 7) is 4.19. The molecule has 148 valence electrons. The minimum Gasteiger partial charge on any atom is -0.357 e. The lowest BCUT2D eigenvalue weighted by atomic mass is 10.1. The van der Waals surface area contributed by atoms with Gasteiger partial charge in [0.1, 0.15) is 5.82 Å². The number of fused-ring (bicyclic) bond motifs is 1. The normalized spacial score (nSPS) is 15.6. The van der Waals surface area contributed by atoms with Gasteiger partial charge in [-0.25, -0.2) is 9.67 Å². The van der Waals surface area contributed by atoms with Gasteiger partial charge >= 0.3 is 0 Å². The Hall–Kier alpha value is -3.15. The molecular weight excluding hydrogens is 362 g/mol. The molecule has 1 aromatic carbocycles. The minimum atomic E-state index is -0.161. The lowest BCUT2D eigenvalue weighted by molar-refractivity contribution is 0.102. The van der Waals surface area contributed by atoms with E-state index in [-0.39, 0.29) is 5.91 Å². The van der Waals surface area contributed by atoms with Crippen LogP contribution in [-0.2, 0) is 12.8 Å². The average Bonchev–Trinajstić information content (AvgIpc) is 3.47. The second kappa shape index (κ2) is 7.35. The second-order valence-corrected chi connectivity index (χ2v) is 7.88. The van der Waals surface area contributed by atoms with Crippen molar-refractivity contribution in [3.8, 4) is 5.69 Å². The van der Waals surface area contributed by atoms with Crippen LogP contribution in [0, 0.1) is 6.92 Å². The number of para-hydroxylation sites is 1. The molecule has 1 aliphatic heterocycles. The zero-order valence-corrected chi connectivity index (χ0v) is 16.7. The van der Waals surface area contributed by atoms with Gasteiger partial charge in [-0.05, 0) is 62.8 Å². The van der Waals surface area contributed by atoms with Crippen LogP contribution in [0.15, 0.2) is 42.6 Å². The largest absolute Gasteiger partial charge is 0.357 e. The SMILES string of the molecule is Cc1ccccc1-n1nc(C(=O)Nc2ccc(N3CCCC3)nc2)c2c1CCC2. The highest BCUT2D eigenvalue weighted by Crippen LogP contribution is 2.29. The zero-order chi connectivity index (χ0) is 19.8. The number of hydrogen-bond donors (Lipinski definition) is 1. The molecule has 6 nitrogen and oxygen atoms in total. The first-order chi connectivity index (χ1) is 14.2.